The van der Waals surface area contributed by atoms with Crippen LogP contribution in [-0.4, -0.2) is 12.6 Å². The summed E-state index contributed by atoms with van der Waals surface area (Å²) < 4.78 is 0. The third-order valence-corrected chi connectivity index (χ3v) is 5.79. The van der Waals surface area contributed by atoms with Gasteiger partial charge in [-0.1, -0.05) is 51.5 Å². The molecule has 0 radical (unpaired) electrons. The van der Waals surface area contributed by atoms with Crippen molar-refractivity contribution in [2.45, 2.75) is 64.8 Å². The van der Waals surface area contributed by atoms with Gasteiger partial charge in [0.25, 0.3) is 0 Å². The molecule has 1 N–H and O–H groups in total. The van der Waals surface area contributed by atoms with Crippen LogP contribution < -0.4 is 5.32 Å². The maximum absolute atomic E-state index is 3.90. The minimum Gasteiger partial charge on any atom is -0.313 e. The SMILES string of the molecule is CCCNC(C(C)CCC)C1C2CCc3ccccc3C21. The lowest BCUT2D eigenvalue weighted by Gasteiger charge is -2.26. The number of fused-ring (bicyclic) bond motifs is 3. The van der Waals surface area contributed by atoms with Gasteiger partial charge in [-0.05, 0) is 67.0 Å². The summed E-state index contributed by atoms with van der Waals surface area (Å²) in [5, 5.41) is 3.90. The van der Waals surface area contributed by atoms with E-state index < -0.39 is 0 Å². The van der Waals surface area contributed by atoms with E-state index in [0.717, 1.165) is 29.7 Å². The number of benzene rings is 1. The Labute approximate surface area is 130 Å². The average Bonchev–Trinajstić information content (AvgIpc) is 3.23. The zero-order valence-corrected chi connectivity index (χ0v) is 13.9. The van der Waals surface area contributed by atoms with Crippen LogP contribution in [0.2, 0.25) is 0 Å². The van der Waals surface area contributed by atoms with Gasteiger partial charge in [-0.25, -0.2) is 0 Å². The zero-order valence-electron chi connectivity index (χ0n) is 13.9. The van der Waals surface area contributed by atoms with Crippen LogP contribution in [0.1, 0.15) is 63.5 Å². The van der Waals surface area contributed by atoms with Gasteiger partial charge < -0.3 is 5.32 Å². The molecule has 5 atom stereocenters. The predicted octanol–water partition coefficient (Wildman–Crippen LogP) is 4.77. The Morgan fingerprint density at radius 1 is 1.19 bits per heavy atom. The predicted molar refractivity (Wildman–Crippen MR) is 90.6 cm³/mol. The summed E-state index contributed by atoms with van der Waals surface area (Å²) in [5.74, 6) is 3.50. The molecular weight excluding hydrogens is 254 g/mol. The van der Waals surface area contributed by atoms with Crippen molar-refractivity contribution in [1.82, 2.24) is 5.32 Å². The molecule has 0 saturated heterocycles. The minimum absolute atomic E-state index is 0.728. The molecule has 1 fully saturated rings. The first-order chi connectivity index (χ1) is 10.3. The first-order valence-corrected chi connectivity index (χ1v) is 9.09. The molecule has 3 rings (SSSR count). The van der Waals surface area contributed by atoms with Crippen LogP contribution in [0, 0.1) is 17.8 Å². The molecule has 21 heavy (non-hydrogen) atoms. The molecule has 1 saturated carbocycles. The second-order valence-electron chi connectivity index (χ2n) is 7.25. The Balaban J connectivity index is 1.76. The van der Waals surface area contributed by atoms with Crippen molar-refractivity contribution in [3.8, 4) is 0 Å². The summed E-state index contributed by atoms with van der Waals surface area (Å²) in [7, 11) is 0. The van der Waals surface area contributed by atoms with Crippen LogP contribution in [0.5, 0.6) is 0 Å². The summed E-state index contributed by atoms with van der Waals surface area (Å²) >= 11 is 0. The standard InChI is InChI=1S/C20H31N/c1-4-8-14(3)20(21-13-5-2)19-17-12-11-15-9-6-7-10-16(15)18(17)19/h6-7,9-10,14,17-21H,4-5,8,11-13H2,1-3H3. The fourth-order valence-corrected chi connectivity index (χ4v) is 4.77. The average molecular weight is 285 g/mol. The normalized spacial score (nSPS) is 29.4. The molecule has 2 aliphatic carbocycles. The zero-order chi connectivity index (χ0) is 14.8. The van der Waals surface area contributed by atoms with E-state index in [1.165, 1.54) is 38.6 Å². The lowest BCUT2D eigenvalue weighted by Crippen LogP contribution is -2.38. The third kappa shape index (κ3) is 2.90. The highest BCUT2D eigenvalue weighted by Crippen LogP contribution is 2.62. The van der Waals surface area contributed by atoms with Crippen molar-refractivity contribution >= 4 is 0 Å². The number of aryl methyl sites for hydroxylation is 1. The van der Waals surface area contributed by atoms with E-state index >= 15 is 0 Å². The molecule has 0 aromatic heterocycles. The van der Waals surface area contributed by atoms with Crippen molar-refractivity contribution in [2.75, 3.05) is 6.54 Å². The van der Waals surface area contributed by atoms with Gasteiger partial charge in [0, 0.05) is 6.04 Å². The number of nitrogens with one attached hydrogen (secondary N) is 1. The molecule has 0 spiro atoms. The van der Waals surface area contributed by atoms with Crippen molar-refractivity contribution in [2.24, 2.45) is 17.8 Å². The summed E-state index contributed by atoms with van der Waals surface area (Å²) in [6, 6.07) is 9.92. The van der Waals surface area contributed by atoms with Gasteiger partial charge in [-0.3, -0.25) is 0 Å². The van der Waals surface area contributed by atoms with Crippen LogP contribution in [0.15, 0.2) is 24.3 Å². The van der Waals surface area contributed by atoms with Gasteiger partial charge in [0.15, 0.2) is 0 Å². The Morgan fingerprint density at radius 3 is 2.76 bits per heavy atom. The molecule has 1 heteroatoms. The van der Waals surface area contributed by atoms with Crippen molar-refractivity contribution in [3.63, 3.8) is 0 Å². The van der Waals surface area contributed by atoms with E-state index in [9.17, 15) is 0 Å². The topological polar surface area (TPSA) is 12.0 Å². The van der Waals surface area contributed by atoms with Crippen molar-refractivity contribution in [1.29, 1.82) is 0 Å². The van der Waals surface area contributed by atoms with E-state index in [-0.39, 0.29) is 0 Å². The molecular formula is C20H31N. The van der Waals surface area contributed by atoms with Gasteiger partial charge in [0.05, 0.1) is 0 Å². The Kier molecular flexibility index (Phi) is 4.69. The minimum atomic E-state index is 0.728. The molecule has 1 aromatic carbocycles. The quantitative estimate of drug-likeness (QED) is 0.761. The van der Waals surface area contributed by atoms with Crippen LogP contribution in [0.25, 0.3) is 0 Å². The first kappa shape index (κ1) is 15.1. The van der Waals surface area contributed by atoms with E-state index in [4.69, 9.17) is 0 Å². The van der Waals surface area contributed by atoms with Crippen LogP contribution >= 0.6 is 0 Å². The first-order valence-electron chi connectivity index (χ1n) is 9.09. The van der Waals surface area contributed by atoms with E-state index in [1.54, 1.807) is 11.1 Å². The van der Waals surface area contributed by atoms with E-state index in [2.05, 4.69) is 50.4 Å². The molecule has 1 aromatic rings. The fourth-order valence-electron chi connectivity index (χ4n) is 4.77. The van der Waals surface area contributed by atoms with Crippen LogP contribution in [0.3, 0.4) is 0 Å². The maximum atomic E-state index is 3.90. The third-order valence-electron chi connectivity index (χ3n) is 5.79. The van der Waals surface area contributed by atoms with Crippen molar-refractivity contribution < 1.29 is 0 Å². The largest absolute Gasteiger partial charge is 0.313 e. The lowest BCUT2D eigenvalue weighted by atomic mass is 9.90. The van der Waals surface area contributed by atoms with E-state index in [1.807, 2.05) is 0 Å². The molecule has 1 nitrogen and oxygen atoms in total. The van der Waals surface area contributed by atoms with Gasteiger partial charge in [-0.2, -0.15) is 0 Å². The van der Waals surface area contributed by atoms with Gasteiger partial charge >= 0.3 is 0 Å². The summed E-state index contributed by atoms with van der Waals surface area (Å²) in [6.45, 7) is 8.25. The molecule has 0 heterocycles. The smallest absolute Gasteiger partial charge is 0.0130 e. The lowest BCUT2D eigenvalue weighted by molar-refractivity contribution is 0.308. The molecule has 0 amide bonds. The van der Waals surface area contributed by atoms with E-state index in [0.29, 0.717) is 0 Å². The monoisotopic (exact) mass is 285 g/mol. The van der Waals surface area contributed by atoms with Crippen LogP contribution in [-0.2, 0) is 6.42 Å². The second kappa shape index (κ2) is 6.52. The Hall–Kier alpha value is -0.820. The Bertz CT molecular complexity index is 467. The maximum Gasteiger partial charge on any atom is 0.0130 e. The second-order valence-corrected chi connectivity index (χ2v) is 7.25. The van der Waals surface area contributed by atoms with Gasteiger partial charge in [-0.15, -0.1) is 0 Å². The number of hydrogen-bond acceptors (Lipinski definition) is 1. The molecule has 5 unspecified atom stereocenters. The molecule has 0 aliphatic heterocycles. The highest BCUT2D eigenvalue weighted by molar-refractivity contribution is 5.40. The highest BCUT2D eigenvalue weighted by atomic mass is 14.9. The summed E-state index contributed by atoms with van der Waals surface area (Å²) in [6.07, 6.45) is 6.63. The molecule has 0 bridgehead atoms. The van der Waals surface area contributed by atoms with Crippen LogP contribution in [0.4, 0.5) is 0 Å². The van der Waals surface area contributed by atoms with Gasteiger partial charge in [0.2, 0.25) is 0 Å². The van der Waals surface area contributed by atoms with Gasteiger partial charge in [0.1, 0.15) is 0 Å². The highest BCUT2D eigenvalue weighted by Gasteiger charge is 2.56. The number of rotatable bonds is 7. The molecule has 2 aliphatic rings. The number of hydrogen-bond donors (Lipinski definition) is 1. The Morgan fingerprint density at radius 2 is 2.00 bits per heavy atom. The fraction of sp³-hybridized carbons (Fsp3) is 0.700. The summed E-state index contributed by atoms with van der Waals surface area (Å²) in [4.78, 5) is 0. The van der Waals surface area contributed by atoms with Crippen molar-refractivity contribution in [3.05, 3.63) is 35.4 Å². The summed E-state index contributed by atoms with van der Waals surface area (Å²) in [5.41, 5.74) is 3.30. The molecule has 116 valence electrons.